The van der Waals surface area contributed by atoms with Crippen LogP contribution in [0.15, 0.2) is 41.0 Å². The molecule has 2 aromatic rings. The summed E-state index contributed by atoms with van der Waals surface area (Å²) in [7, 11) is 3.08. The highest BCUT2D eigenvalue weighted by atomic mass is 16.5. The molecule has 126 valence electrons. The number of nitrogens with one attached hydrogen (secondary N) is 2. The minimum atomic E-state index is -0.473. The number of hydrogen-bond donors (Lipinski definition) is 2. The first-order chi connectivity index (χ1) is 11.5. The summed E-state index contributed by atoms with van der Waals surface area (Å²) in [6.45, 7) is 1.66. The van der Waals surface area contributed by atoms with E-state index in [0.29, 0.717) is 22.8 Å². The number of benzene rings is 1. The number of hydrogen-bond acceptors (Lipinski definition) is 5. The first-order valence-corrected chi connectivity index (χ1v) is 7.09. The number of methoxy groups -OCH3 is 2. The van der Waals surface area contributed by atoms with Crippen LogP contribution in [0.5, 0.6) is 11.5 Å². The van der Waals surface area contributed by atoms with Gasteiger partial charge in [0.1, 0.15) is 5.76 Å². The number of hydrazine groups is 1. The average molecular weight is 330 g/mol. The van der Waals surface area contributed by atoms with Gasteiger partial charge in [-0.2, -0.15) is 0 Å². The molecule has 2 rings (SSSR count). The molecule has 1 heterocycles. The molecule has 0 saturated carbocycles. The monoisotopic (exact) mass is 330 g/mol. The number of amides is 2. The number of aryl methyl sites for hydroxylation is 1. The third-order valence-electron chi connectivity index (χ3n) is 3.24. The number of ether oxygens (including phenoxy) is 2. The van der Waals surface area contributed by atoms with E-state index >= 15 is 0 Å². The zero-order valence-corrected chi connectivity index (χ0v) is 13.6. The summed E-state index contributed by atoms with van der Waals surface area (Å²) >= 11 is 0. The van der Waals surface area contributed by atoms with Gasteiger partial charge in [-0.3, -0.25) is 20.4 Å². The highest BCUT2D eigenvalue weighted by Crippen LogP contribution is 2.27. The Balaban J connectivity index is 1.93. The second-order valence-electron chi connectivity index (χ2n) is 4.78. The van der Waals surface area contributed by atoms with Crippen molar-refractivity contribution >= 4 is 17.9 Å². The Morgan fingerprint density at radius 3 is 2.46 bits per heavy atom. The van der Waals surface area contributed by atoms with Gasteiger partial charge in [-0.15, -0.1) is 0 Å². The topological polar surface area (TPSA) is 89.8 Å². The lowest BCUT2D eigenvalue weighted by Crippen LogP contribution is -2.40. The molecule has 0 spiro atoms. The molecule has 1 aromatic heterocycles. The van der Waals surface area contributed by atoms with Gasteiger partial charge in [0.05, 0.1) is 26.0 Å². The molecule has 0 atom stereocenters. The van der Waals surface area contributed by atoms with Crippen molar-refractivity contribution in [1.82, 2.24) is 10.9 Å². The number of carbonyl (C=O) groups is 2. The molecule has 0 bridgehead atoms. The van der Waals surface area contributed by atoms with E-state index in [1.165, 1.54) is 25.5 Å². The summed E-state index contributed by atoms with van der Waals surface area (Å²) in [5.41, 5.74) is 5.71. The van der Waals surface area contributed by atoms with Crippen molar-refractivity contribution in [1.29, 1.82) is 0 Å². The van der Waals surface area contributed by atoms with Crippen LogP contribution in [-0.2, 0) is 4.79 Å². The Morgan fingerprint density at radius 1 is 1.08 bits per heavy atom. The first kappa shape index (κ1) is 17.1. The summed E-state index contributed by atoms with van der Waals surface area (Å²) < 4.78 is 15.4. The highest BCUT2D eigenvalue weighted by Gasteiger charge is 2.11. The van der Waals surface area contributed by atoms with Crippen LogP contribution >= 0.6 is 0 Å². The smallest absolute Gasteiger partial charge is 0.273 e. The minimum Gasteiger partial charge on any atom is -0.493 e. The van der Waals surface area contributed by atoms with Gasteiger partial charge in [0.25, 0.3) is 11.8 Å². The van der Waals surface area contributed by atoms with Crippen molar-refractivity contribution in [2.45, 2.75) is 6.92 Å². The van der Waals surface area contributed by atoms with Gasteiger partial charge < -0.3 is 13.9 Å². The Labute approximate surface area is 139 Å². The molecule has 0 fully saturated rings. The van der Waals surface area contributed by atoms with Crippen molar-refractivity contribution in [3.8, 4) is 11.5 Å². The van der Waals surface area contributed by atoms with E-state index in [4.69, 9.17) is 13.9 Å². The van der Waals surface area contributed by atoms with Crippen LogP contribution in [0.2, 0.25) is 0 Å². The molecular formula is C17H18N2O5. The molecule has 0 radical (unpaired) electrons. The van der Waals surface area contributed by atoms with E-state index in [2.05, 4.69) is 10.9 Å². The van der Waals surface area contributed by atoms with E-state index in [1.807, 2.05) is 0 Å². The van der Waals surface area contributed by atoms with E-state index in [0.717, 1.165) is 5.56 Å². The Hall–Kier alpha value is -3.22. The maximum atomic E-state index is 11.8. The maximum Gasteiger partial charge on any atom is 0.273 e. The lowest BCUT2D eigenvalue weighted by atomic mass is 10.2. The van der Waals surface area contributed by atoms with Gasteiger partial charge in [0.2, 0.25) is 0 Å². The van der Waals surface area contributed by atoms with E-state index in [-0.39, 0.29) is 0 Å². The van der Waals surface area contributed by atoms with E-state index < -0.39 is 11.8 Å². The predicted molar refractivity (Wildman–Crippen MR) is 87.6 cm³/mol. The normalized spacial score (nSPS) is 10.5. The largest absolute Gasteiger partial charge is 0.493 e. The second kappa shape index (κ2) is 7.87. The van der Waals surface area contributed by atoms with E-state index in [1.54, 1.807) is 38.3 Å². The quantitative estimate of drug-likeness (QED) is 0.647. The van der Waals surface area contributed by atoms with Gasteiger partial charge in [-0.25, -0.2) is 0 Å². The van der Waals surface area contributed by atoms with Gasteiger partial charge in [-0.05, 0) is 36.8 Å². The molecule has 0 unspecified atom stereocenters. The average Bonchev–Trinajstić information content (AvgIpc) is 3.03. The number of rotatable bonds is 5. The number of furan rings is 1. The fraction of sp³-hybridized carbons (Fsp3) is 0.176. The van der Waals surface area contributed by atoms with Crippen LogP contribution in [0.4, 0.5) is 0 Å². The van der Waals surface area contributed by atoms with Crippen LogP contribution in [0, 0.1) is 6.92 Å². The molecule has 24 heavy (non-hydrogen) atoms. The summed E-state index contributed by atoms with van der Waals surface area (Å²) in [6.07, 6.45) is 4.29. The van der Waals surface area contributed by atoms with Crippen molar-refractivity contribution < 1.29 is 23.5 Å². The van der Waals surface area contributed by atoms with Gasteiger partial charge in [0, 0.05) is 6.08 Å². The SMILES string of the molecule is COc1ccc(C=CC(=O)NNC(=O)c2ccoc2C)cc1OC. The fourth-order valence-corrected chi connectivity index (χ4v) is 1.98. The van der Waals surface area contributed by atoms with Crippen LogP contribution in [0.25, 0.3) is 6.08 Å². The molecule has 7 heteroatoms. The molecule has 7 nitrogen and oxygen atoms in total. The van der Waals surface area contributed by atoms with Crippen LogP contribution in [-0.4, -0.2) is 26.0 Å². The molecular weight excluding hydrogens is 312 g/mol. The van der Waals surface area contributed by atoms with Crippen LogP contribution in [0.3, 0.4) is 0 Å². The molecule has 2 N–H and O–H groups in total. The Morgan fingerprint density at radius 2 is 1.83 bits per heavy atom. The lowest BCUT2D eigenvalue weighted by molar-refractivity contribution is -0.117. The molecule has 0 aliphatic heterocycles. The summed E-state index contributed by atoms with van der Waals surface area (Å²) in [6, 6.07) is 6.77. The standard InChI is InChI=1S/C17H18N2O5/c1-11-13(8-9-24-11)17(21)19-18-16(20)7-5-12-4-6-14(22-2)15(10-12)23-3/h4-10H,1-3H3,(H,18,20)(H,19,21). The summed E-state index contributed by atoms with van der Waals surface area (Å²) in [5, 5.41) is 0. The molecule has 1 aromatic carbocycles. The van der Waals surface area contributed by atoms with Crippen molar-refractivity contribution in [3.05, 3.63) is 53.5 Å². The van der Waals surface area contributed by atoms with Crippen molar-refractivity contribution in [3.63, 3.8) is 0 Å². The fourth-order valence-electron chi connectivity index (χ4n) is 1.98. The molecule has 0 aliphatic carbocycles. The van der Waals surface area contributed by atoms with Crippen molar-refractivity contribution in [2.24, 2.45) is 0 Å². The van der Waals surface area contributed by atoms with Gasteiger partial charge in [-0.1, -0.05) is 6.07 Å². The number of carbonyl (C=O) groups excluding carboxylic acids is 2. The summed E-state index contributed by atoms with van der Waals surface area (Å²) in [4.78, 5) is 23.6. The Bertz CT molecular complexity index is 764. The van der Waals surface area contributed by atoms with E-state index in [9.17, 15) is 9.59 Å². The predicted octanol–water partition coefficient (Wildman–Crippen LogP) is 2.08. The minimum absolute atomic E-state index is 0.360. The zero-order valence-electron chi connectivity index (χ0n) is 13.6. The molecule has 0 saturated heterocycles. The second-order valence-corrected chi connectivity index (χ2v) is 4.78. The molecule has 0 aliphatic rings. The van der Waals surface area contributed by atoms with Gasteiger partial charge in [0.15, 0.2) is 11.5 Å². The lowest BCUT2D eigenvalue weighted by Gasteiger charge is -2.07. The highest BCUT2D eigenvalue weighted by molar-refractivity contribution is 5.98. The maximum absolute atomic E-state index is 11.8. The third kappa shape index (κ3) is 4.16. The molecule has 2 amide bonds. The third-order valence-corrected chi connectivity index (χ3v) is 3.24. The van der Waals surface area contributed by atoms with Crippen LogP contribution in [0.1, 0.15) is 21.7 Å². The van der Waals surface area contributed by atoms with Crippen LogP contribution < -0.4 is 20.3 Å². The Kier molecular flexibility index (Phi) is 5.62. The van der Waals surface area contributed by atoms with Gasteiger partial charge >= 0.3 is 0 Å². The zero-order chi connectivity index (χ0) is 17.5. The first-order valence-electron chi connectivity index (χ1n) is 7.09. The summed E-state index contributed by atoms with van der Waals surface area (Å²) in [5.74, 6) is 0.710. The van der Waals surface area contributed by atoms with Crippen molar-refractivity contribution in [2.75, 3.05) is 14.2 Å².